The third-order valence-corrected chi connectivity index (χ3v) is 2.19. The van der Waals surface area contributed by atoms with E-state index in [1.54, 1.807) is 0 Å². The van der Waals surface area contributed by atoms with Crippen LogP contribution in [0.25, 0.3) is 0 Å². The molecule has 3 nitrogen and oxygen atoms in total. The fourth-order valence-corrected chi connectivity index (χ4v) is 1.58. The Bertz CT molecular complexity index is 157. The fraction of sp³-hybridized carbons (Fsp3) is 1.00. The van der Waals surface area contributed by atoms with Gasteiger partial charge in [-0.05, 0) is 34.1 Å². The van der Waals surface area contributed by atoms with Crippen LogP contribution < -0.4 is 0 Å². The summed E-state index contributed by atoms with van der Waals surface area (Å²) >= 11 is 0. The molecule has 0 aromatic carbocycles. The van der Waals surface area contributed by atoms with Gasteiger partial charge in [0.2, 0.25) is 0 Å². The van der Waals surface area contributed by atoms with Gasteiger partial charge in [0.15, 0.2) is 0 Å². The van der Waals surface area contributed by atoms with Crippen LogP contribution in [0.15, 0.2) is 0 Å². The summed E-state index contributed by atoms with van der Waals surface area (Å²) in [4.78, 5) is 0. The van der Waals surface area contributed by atoms with Crippen LogP contribution in [0.4, 0.5) is 0 Å². The molecule has 14 heavy (non-hydrogen) atoms. The highest BCUT2D eigenvalue weighted by molar-refractivity contribution is 4.77. The first-order valence-corrected chi connectivity index (χ1v) is 5.48. The highest BCUT2D eigenvalue weighted by atomic mass is 16.6. The van der Waals surface area contributed by atoms with Gasteiger partial charge in [-0.2, -0.15) is 0 Å². The van der Waals surface area contributed by atoms with E-state index < -0.39 is 0 Å². The lowest BCUT2D eigenvalue weighted by molar-refractivity contribution is -0.0780. The number of rotatable bonds is 5. The Morgan fingerprint density at radius 1 is 1.21 bits per heavy atom. The summed E-state index contributed by atoms with van der Waals surface area (Å²) in [6.45, 7) is 9.62. The van der Waals surface area contributed by atoms with Gasteiger partial charge in [-0.1, -0.05) is 0 Å². The molecule has 0 unspecified atom stereocenters. The molecule has 0 amide bonds. The largest absolute Gasteiger partial charge is 0.376 e. The summed E-state index contributed by atoms with van der Waals surface area (Å²) in [5, 5.41) is 0. The van der Waals surface area contributed by atoms with Crippen molar-refractivity contribution in [2.45, 2.75) is 58.5 Å². The predicted octanol–water partition coefficient (Wildman–Crippen LogP) is 1.99. The van der Waals surface area contributed by atoms with Crippen molar-refractivity contribution in [1.29, 1.82) is 0 Å². The molecule has 3 heteroatoms. The standard InChI is InChI=1S/C11H22O3/c1-8(2)13-7-11-10(5-6-12-11)14-9(3)4/h8-11H,5-7H2,1-4H3/t10-,11-/m1/s1. The Morgan fingerprint density at radius 3 is 2.50 bits per heavy atom. The first kappa shape index (κ1) is 12.0. The van der Waals surface area contributed by atoms with E-state index in [0.29, 0.717) is 6.61 Å². The lowest BCUT2D eigenvalue weighted by Crippen LogP contribution is -2.32. The number of hydrogen-bond acceptors (Lipinski definition) is 3. The van der Waals surface area contributed by atoms with E-state index >= 15 is 0 Å². The van der Waals surface area contributed by atoms with Gasteiger partial charge in [-0.25, -0.2) is 0 Å². The monoisotopic (exact) mass is 202 g/mol. The van der Waals surface area contributed by atoms with Gasteiger partial charge in [-0.3, -0.25) is 0 Å². The van der Waals surface area contributed by atoms with Crippen molar-refractivity contribution in [2.24, 2.45) is 0 Å². The smallest absolute Gasteiger partial charge is 0.107 e. The third kappa shape index (κ3) is 3.95. The second kappa shape index (κ2) is 5.69. The maximum atomic E-state index is 5.75. The van der Waals surface area contributed by atoms with Crippen molar-refractivity contribution in [3.63, 3.8) is 0 Å². The average Bonchev–Trinajstić information content (AvgIpc) is 2.47. The quantitative estimate of drug-likeness (QED) is 0.682. The topological polar surface area (TPSA) is 27.7 Å². The normalized spacial score (nSPS) is 27.9. The first-order chi connectivity index (χ1) is 6.59. The molecule has 0 saturated carbocycles. The molecule has 1 aliphatic rings. The van der Waals surface area contributed by atoms with Crippen molar-refractivity contribution < 1.29 is 14.2 Å². The molecular weight excluding hydrogens is 180 g/mol. The van der Waals surface area contributed by atoms with Crippen LogP contribution in [-0.2, 0) is 14.2 Å². The van der Waals surface area contributed by atoms with Crippen LogP contribution in [-0.4, -0.2) is 37.6 Å². The molecule has 1 heterocycles. The van der Waals surface area contributed by atoms with Gasteiger partial charge in [0.05, 0.1) is 24.9 Å². The summed E-state index contributed by atoms with van der Waals surface area (Å²) in [6, 6.07) is 0. The Balaban J connectivity index is 2.28. The molecule has 0 radical (unpaired) electrons. The van der Waals surface area contributed by atoms with Gasteiger partial charge in [0, 0.05) is 6.61 Å². The maximum absolute atomic E-state index is 5.75. The van der Waals surface area contributed by atoms with Crippen molar-refractivity contribution in [2.75, 3.05) is 13.2 Å². The van der Waals surface area contributed by atoms with Crippen LogP contribution in [0.3, 0.4) is 0 Å². The van der Waals surface area contributed by atoms with Gasteiger partial charge in [0.1, 0.15) is 6.10 Å². The summed E-state index contributed by atoms with van der Waals surface area (Å²) in [7, 11) is 0. The summed E-state index contributed by atoms with van der Waals surface area (Å²) in [5.41, 5.74) is 0. The Hall–Kier alpha value is -0.120. The van der Waals surface area contributed by atoms with Crippen LogP contribution >= 0.6 is 0 Å². The summed E-state index contributed by atoms with van der Waals surface area (Å²) in [5.74, 6) is 0. The average molecular weight is 202 g/mol. The lowest BCUT2D eigenvalue weighted by atomic mass is 10.2. The molecule has 1 fully saturated rings. The van der Waals surface area contributed by atoms with E-state index in [-0.39, 0.29) is 24.4 Å². The Labute approximate surface area is 86.7 Å². The molecule has 1 saturated heterocycles. The van der Waals surface area contributed by atoms with E-state index in [1.165, 1.54) is 0 Å². The molecule has 0 aliphatic carbocycles. The fourth-order valence-electron chi connectivity index (χ4n) is 1.58. The van der Waals surface area contributed by atoms with Crippen LogP contribution in [0, 0.1) is 0 Å². The molecule has 0 bridgehead atoms. The third-order valence-electron chi connectivity index (χ3n) is 2.19. The minimum absolute atomic E-state index is 0.125. The molecule has 0 aromatic rings. The maximum Gasteiger partial charge on any atom is 0.107 e. The van der Waals surface area contributed by atoms with E-state index in [9.17, 15) is 0 Å². The highest BCUT2D eigenvalue weighted by Crippen LogP contribution is 2.19. The molecule has 0 aromatic heterocycles. The molecular formula is C11H22O3. The van der Waals surface area contributed by atoms with E-state index in [2.05, 4.69) is 13.8 Å². The Kier molecular flexibility index (Phi) is 4.85. The molecule has 0 spiro atoms. The molecule has 1 rings (SSSR count). The van der Waals surface area contributed by atoms with Crippen molar-refractivity contribution in [1.82, 2.24) is 0 Å². The molecule has 0 N–H and O–H groups in total. The number of hydrogen-bond donors (Lipinski definition) is 0. The molecule has 84 valence electrons. The highest BCUT2D eigenvalue weighted by Gasteiger charge is 2.30. The van der Waals surface area contributed by atoms with E-state index in [1.807, 2.05) is 13.8 Å². The summed E-state index contributed by atoms with van der Waals surface area (Å²) in [6.07, 6.45) is 1.86. The van der Waals surface area contributed by atoms with Gasteiger partial charge >= 0.3 is 0 Å². The van der Waals surface area contributed by atoms with Gasteiger partial charge < -0.3 is 14.2 Å². The zero-order valence-corrected chi connectivity index (χ0v) is 9.66. The Morgan fingerprint density at radius 2 is 1.93 bits per heavy atom. The van der Waals surface area contributed by atoms with Crippen molar-refractivity contribution in [3.05, 3.63) is 0 Å². The van der Waals surface area contributed by atoms with Gasteiger partial charge in [-0.15, -0.1) is 0 Å². The zero-order valence-electron chi connectivity index (χ0n) is 9.66. The minimum Gasteiger partial charge on any atom is -0.376 e. The lowest BCUT2D eigenvalue weighted by Gasteiger charge is -2.22. The number of ether oxygens (including phenoxy) is 3. The van der Waals surface area contributed by atoms with E-state index in [0.717, 1.165) is 13.0 Å². The zero-order chi connectivity index (χ0) is 10.6. The van der Waals surface area contributed by atoms with Crippen molar-refractivity contribution in [3.8, 4) is 0 Å². The van der Waals surface area contributed by atoms with Gasteiger partial charge in [0.25, 0.3) is 0 Å². The van der Waals surface area contributed by atoms with Crippen molar-refractivity contribution >= 4 is 0 Å². The SMILES string of the molecule is CC(C)OC[C@H]1OCC[C@H]1OC(C)C. The van der Waals surface area contributed by atoms with Crippen LogP contribution in [0.1, 0.15) is 34.1 Å². The molecule has 2 atom stereocenters. The van der Waals surface area contributed by atoms with E-state index in [4.69, 9.17) is 14.2 Å². The second-order valence-corrected chi connectivity index (χ2v) is 4.30. The van der Waals surface area contributed by atoms with Crippen LogP contribution in [0.2, 0.25) is 0 Å². The first-order valence-electron chi connectivity index (χ1n) is 5.48. The van der Waals surface area contributed by atoms with Crippen LogP contribution in [0.5, 0.6) is 0 Å². The second-order valence-electron chi connectivity index (χ2n) is 4.30. The predicted molar refractivity (Wildman–Crippen MR) is 55.5 cm³/mol. The molecule has 1 aliphatic heterocycles. The summed E-state index contributed by atoms with van der Waals surface area (Å²) < 4.78 is 16.9. The minimum atomic E-state index is 0.125.